The number of aromatic nitrogens is 3. The van der Waals surface area contributed by atoms with Gasteiger partial charge in [0.1, 0.15) is 5.69 Å². The molecule has 2 rings (SSSR count). The maximum absolute atomic E-state index is 11.0. The van der Waals surface area contributed by atoms with Crippen molar-refractivity contribution in [3.63, 3.8) is 0 Å². The number of hydrogen-bond acceptors (Lipinski definition) is 3. The zero-order valence-corrected chi connectivity index (χ0v) is 6.87. The highest BCUT2D eigenvalue weighted by atomic mass is 16.2. The standard InChI is InChI=1S/C7H10N4O/c1-5(12)11-3-2-6-7(4-11)9-10-8-6/h2-4H2,1H3,(H,8,9,10). The van der Waals surface area contributed by atoms with E-state index in [9.17, 15) is 4.79 Å². The fraction of sp³-hybridized carbons (Fsp3) is 0.571. The van der Waals surface area contributed by atoms with Crippen LogP contribution < -0.4 is 0 Å². The molecule has 1 aromatic heterocycles. The lowest BCUT2D eigenvalue weighted by atomic mass is 10.1. The number of nitrogens with one attached hydrogen (secondary N) is 1. The normalized spacial score (nSPS) is 15.9. The van der Waals surface area contributed by atoms with Crippen molar-refractivity contribution in [2.24, 2.45) is 0 Å². The molecule has 0 fully saturated rings. The van der Waals surface area contributed by atoms with Crippen molar-refractivity contribution in [2.45, 2.75) is 19.9 Å². The summed E-state index contributed by atoms with van der Waals surface area (Å²) in [5.41, 5.74) is 1.89. The van der Waals surface area contributed by atoms with Crippen molar-refractivity contribution in [2.75, 3.05) is 6.54 Å². The van der Waals surface area contributed by atoms with Crippen LogP contribution in [0.4, 0.5) is 0 Å². The smallest absolute Gasteiger partial charge is 0.219 e. The lowest BCUT2D eigenvalue weighted by molar-refractivity contribution is -0.129. The van der Waals surface area contributed by atoms with Crippen LogP contribution in [-0.2, 0) is 17.8 Å². The molecule has 0 radical (unpaired) electrons. The maximum Gasteiger partial charge on any atom is 0.219 e. The Kier molecular flexibility index (Phi) is 1.56. The van der Waals surface area contributed by atoms with Crippen LogP contribution in [0.3, 0.4) is 0 Å². The fourth-order valence-corrected chi connectivity index (χ4v) is 1.37. The Morgan fingerprint density at radius 1 is 1.50 bits per heavy atom. The summed E-state index contributed by atoms with van der Waals surface area (Å²) in [6.07, 6.45) is 0.811. The minimum absolute atomic E-state index is 0.101. The number of H-pyrrole nitrogens is 1. The van der Waals surface area contributed by atoms with Crippen LogP contribution in [0.25, 0.3) is 0 Å². The van der Waals surface area contributed by atoms with E-state index in [0.29, 0.717) is 6.54 Å². The van der Waals surface area contributed by atoms with Gasteiger partial charge >= 0.3 is 0 Å². The van der Waals surface area contributed by atoms with Crippen molar-refractivity contribution in [1.29, 1.82) is 0 Å². The second kappa shape index (κ2) is 2.58. The van der Waals surface area contributed by atoms with Crippen molar-refractivity contribution in [3.05, 3.63) is 11.4 Å². The van der Waals surface area contributed by atoms with Crippen LogP contribution in [0, 0.1) is 0 Å². The molecule has 1 N–H and O–H groups in total. The number of carbonyl (C=O) groups is 1. The molecular weight excluding hydrogens is 156 g/mol. The Morgan fingerprint density at radius 3 is 3.00 bits per heavy atom. The van der Waals surface area contributed by atoms with Gasteiger partial charge in [-0.1, -0.05) is 0 Å². The lowest BCUT2D eigenvalue weighted by Crippen LogP contribution is -2.34. The second-order valence-electron chi connectivity index (χ2n) is 2.91. The number of nitrogens with zero attached hydrogens (tertiary/aromatic N) is 3. The van der Waals surface area contributed by atoms with Crippen LogP contribution in [0.1, 0.15) is 18.3 Å². The van der Waals surface area contributed by atoms with Gasteiger partial charge < -0.3 is 4.90 Å². The first-order valence-corrected chi connectivity index (χ1v) is 3.91. The zero-order valence-electron chi connectivity index (χ0n) is 6.87. The van der Waals surface area contributed by atoms with Crippen LogP contribution in [-0.4, -0.2) is 32.8 Å². The summed E-state index contributed by atoms with van der Waals surface area (Å²) in [7, 11) is 0. The summed E-state index contributed by atoms with van der Waals surface area (Å²) in [4.78, 5) is 12.8. The van der Waals surface area contributed by atoms with Crippen molar-refractivity contribution in [3.8, 4) is 0 Å². The highest BCUT2D eigenvalue weighted by molar-refractivity contribution is 5.73. The lowest BCUT2D eigenvalue weighted by Gasteiger charge is -2.23. The first-order chi connectivity index (χ1) is 5.77. The number of hydrogen-bond donors (Lipinski definition) is 1. The van der Waals surface area contributed by atoms with E-state index < -0.39 is 0 Å². The Morgan fingerprint density at radius 2 is 2.25 bits per heavy atom. The molecule has 1 aromatic rings. The third-order valence-corrected chi connectivity index (χ3v) is 2.11. The molecule has 64 valence electrons. The Bertz CT molecular complexity index is 306. The van der Waals surface area contributed by atoms with Crippen molar-refractivity contribution in [1.82, 2.24) is 20.3 Å². The molecule has 1 aliphatic heterocycles. The summed E-state index contributed by atoms with van der Waals surface area (Å²) >= 11 is 0. The number of carbonyl (C=O) groups excluding carboxylic acids is 1. The largest absolute Gasteiger partial charge is 0.336 e. The predicted molar refractivity (Wildman–Crippen MR) is 41.2 cm³/mol. The molecule has 1 aliphatic rings. The minimum Gasteiger partial charge on any atom is -0.336 e. The van der Waals surface area contributed by atoms with Crippen LogP contribution in [0.5, 0.6) is 0 Å². The van der Waals surface area contributed by atoms with Crippen molar-refractivity contribution >= 4 is 5.91 Å². The first-order valence-electron chi connectivity index (χ1n) is 3.91. The highest BCUT2D eigenvalue weighted by Gasteiger charge is 2.20. The zero-order chi connectivity index (χ0) is 8.55. The van der Waals surface area contributed by atoms with E-state index in [0.717, 1.165) is 24.4 Å². The Labute approximate surface area is 69.8 Å². The van der Waals surface area contributed by atoms with Gasteiger partial charge in [0.2, 0.25) is 5.91 Å². The third kappa shape index (κ3) is 1.07. The second-order valence-corrected chi connectivity index (χ2v) is 2.91. The molecule has 5 heteroatoms. The van der Waals surface area contributed by atoms with Gasteiger partial charge in [-0.05, 0) is 0 Å². The minimum atomic E-state index is 0.101. The Hall–Kier alpha value is -1.39. The Balaban J connectivity index is 2.20. The van der Waals surface area contributed by atoms with Gasteiger partial charge in [-0.3, -0.25) is 4.79 Å². The molecule has 0 saturated carbocycles. The molecular formula is C7H10N4O. The molecule has 0 spiro atoms. The van der Waals surface area contributed by atoms with Gasteiger partial charge in [-0.2, -0.15) is 15.4 Å². The van der Waals surface area contributed by atoms with E-state index in [2.05, 4.69) is 15.4 Å². The number of fused-ring (bicyclic) bond motifs is 1. The topological polar surface area (TPSA) is 61.9 Å². The van der Waals surface area contributed by atoms with Crippen LogP contribution >= 0.6 is 0 Å². The third-order valence-electron chi connectivity index (χ3n) is 2.11. The molecule has 0 saturated heterocycles. The van der Waals surface area contributed by atoms with Gasteiger partial charge in [0, 0.05) is 19.9 Å². The average Bonchev–Trinajstić information content (AvgIpc) is 2.49. The van der Waals surface area contributed by atoms with Crippen LogP contribution in [0.2, 0.25) is 0 Å². The molecule has 0 unspecified atom stereocenters. The summed E-state index contributed by atoms with van der Waals surface area (Å²) in [6, 6.07) is 0. The van der Waals surface area contributed by atoms with Gasteiger partial charge in [0.05, 0.1) is 12.2 Å². The number of aromatic amines is 1. The summed E-state index contributed by atoms with van der Waals surface area (Å²) < 4.78 is 0. The van der Waals surface area contributed by atoms with Gasteiger partial charge in [-0.15, -0.1) is 0 Å². The van der Waals surface area contributed by atoms with E-state index >= 15 is 0 Å². The van der Waals surface area contributed by atoms with E-state index in [4.69, 9.17) is 0 Å². The molecule has 0 atom stereocenters. The van der Waals surface area contributed by atoms with E-state index in [1.807, 2.05) is 0 Å². The summed E-state index contributed by atoms with van der Waals surface area (Å²) in [5, 5.41) is 10.5. The molecule has 2 heterocycles. The maximum atomic E-state index is 11.0. The highest BCUT2D eigenvalue weighted by Crippen LogP contribution is 2.13. The summed E-state index contributed by atoms with van der Waals surface area (Å²) in [5.74, 6) is 0.101. The summed E-state index contributed by atoms with van der Waals surface area (Å²) in [6.45, 7) is 2.93. The number of amides is 1. The monoisotopic (exact) mass is 166 g/mol. The molecule has 1 amide bonds. The molecule has 12 heavy (non-hydrogen) atoms. The molecule has 0 aliphatic carbocycles. The van der Waals surface area contributed by atoms with E-state index in [1.165, 1.54) is 0 Å². The molecule has 5 nitrogen and oxygen atoms in total. The SMILES string of the molecule is CC(=O)N1CCc2n[nH]nc2C1. The van der Waals surface area contributed by atoms with Gasteiger partial charge in [0.25, 0.3) is 0 Å². The number of rotatable bonds is 0. The fourth-order valence-electron chi connectivity index (χ4n) is 1.37. The average molecular weight is 166 g/mol. The molecule has 0 aromatic carbocycles. The first kappa shape index (κ1) is 7.27. The van der Waals surface area contributed by atoms with Gasteiger partial charge in [-0.25, -0.2) is 0 Å². The van der Waals surface area contributed by atoms with Crippen molar-refractivity contribution < 1.29 is 4.79 Å². The van der Waals surface area contributed by atoms with Gasteiger partial charge in [0.15, 0.2) is 0 Å². The van der Waals surface area contributed by atoms with Crippen LogP contribution in [0.15, 0.2) is 0 Å². The molecule has 0 bridgehead atoms. The van der Waals surface area contributed by atoms with E-state index in [1.54, 1.807) is 11.8 Å². The quantitative estimate of drug-likeness (QED) is 0.576. The van der Waals surface area contributed by atoms with E-state index in [-0.39, 0.29) is 5.91 Å². The predicted octanol–water partition coefficient (Wildman–Crippen LogP) is -0.291.